The molecule has 0 saturated carbocycles. The molecule has 0 bridgehead atoms. The first-order chi connectivity index (χ1) is 12.7. The Morgan fingerprint density at radius 2 is 1.77 bits per heavy atom. The predicted molar refractivity (Wildman–Crippen MR) is 104 cm³/mol. The number of rotatable bonds is 4. The molecular formula is C21H20N4O. The van der Waals surface area contributed by atoms with E-state index in [1.54, 1.807) is 0 Å². The molecule has 26 heavy (non-hydrogen) atoms. The third kappa shape index (κ3) is 2.76. The summed E-state index contributed by atoms with van der Waals surface area (Å²) in [5.74, 6) is 0.702. The van der Waals surface area contributed by atoms with Crippen LogP contribution in [0.15, 0.2) is 70.8 Å². The minimum Gasteiger partial charge on any atom is -0.298 e. The third-order valence-electron chi connectivity index (χ3n) is 4.73. The fraction of sp³-hybridized carbons (Fsp3) is 0.190. The lowest BCUT2D eigenvalue weighted by Crippen LogP contribution is -2.40. The van der Waals surface area contributed by atoms with Gasteiger partial charge in [0.2, 0.25) is 5.96 Å². The van der Waals surface area contributed by atoms with Crippen LogP contribution >= 0.6 is 0 Å². The Morgan fingerprint density at radius 1 is 1.04 bits per heavy atom. The quantitative estimate of drug-likeness (QED) is 0.796. The molecule has 0 N–H and O–H groups in total. The number of aldehydes is 1. The lowest BCUT2D eigenvalue weighted by molar-refractivity contribution is 0.1000. The van der Waals surface area contributed by atoms with Gasteiger partial charge in [0.1, 0.15) is 12.5 Å². The topological polar surface area (TPSA) is 48.3 Å². The van der Waals surface area contributed by atoms with Gasteiger partial charge in [-0.2, -0.15) is 5.01 Å². The Morgan fingerprint density at radius 3 is 2.42 bits per heavy atom. The average Bonchev–Trinajstić information content (AvgIpc) is 3.03. The Hall–Kier alpha value is -3.05. The first kappa shape index (κ1) is 16.4. The Bertz CT molecular complexity index is 913. The number of nitrogens with zero attached hydrogens (tertiary/aromatic N) is 4. The molecule has 0 aliphatic carbocycles. The van der Waals surface area contributed by atoms with Crippen LogP contribution in [-0.2, 0) is 0 Å². The van der Waals surface area contributed by atoms with E-state index in [2.05, 4.69) is 30.3 Å². The van der Waals surface area contributed by atoms with Gasteiger partial charge in [-0.15, -0.1) is 0 Å². The molecule has 1 atom stereocenters. The van der Waals surface area contributed by atoms with Crippen LogP contribution in [0, 0.1) is 0 Å². The monoisotopic (exact) mass is 344 g/mol. The molecule has 2 aliphatic heterocycles. The second-order valence-electron chi connectivity index (χ2n) is 6.35. The summed E-state index contributed by atoms with van der Waals surface area (Å²) in [6.45, 7) is 2.12. The van der Waals surface area contributed by atoms with E-state index < -0.39 is 0 Å². The van der Waals surface area contributed by atoms with Crippen LogP contribution in [-0.4, -0.2) is 41.2 Å². The zero-order valence-electron chi connectivity index (χ0n) is 14.8. The van der Waals surface area contributed by atoms with E-state index in [-0.39, 0.29) is 6.17 Å². The Balaban J connectivity index is 1.83. The normalized spacial score (nSPS) is 19.5. The summed E-state index contributed by atoms with van der Waals surface area (Å²) >= 11 is 0. The summed E-state index contributed by atoms with van der Waals surface area (Å²) in [6.07, 6.45) is 3.96. The summed E-state index contributed by atoms with van der Waals surface area (Å²) in [6, 6.07) is 17.7. The standard InChI is InChI=1S/C21H20N4O/c1-3-19-22-21-23-20(17-11-9-15(14-26)10-12-17)18(13-25(21)24(19)2)16-7-5-4-6-8-16/h4-14,19H,3H2,1-2H3. The fourth-order valence-electron chi connectivity index (χ4n) is 3.26. The number of carbonyl (C=O) groups is 1. The second-order valence-corrected chi connectivity index (χ2v) is 6.35. The van der Waals surface area contributed by atoms with Crippen LogP contribution in [0.1, 0.15) is 34.8 Å². The third-order valence-corrected chi connectivity index (χ3v) is 4.73. The van der Waals surface area contributed by atoms with E-state index in [9.17, 15) is 4.79 Å². The van der Waals surface area contributed by atoms with Gasteiger partial charge in [-0.25, -0.2) is 15.0 Å². The van der Waals surface area contributed by atoms with Crippen molar-refractivity contribution >= 4 is 23.5 Å². The molecule has 1 unspecified atom stereocenters. The van der Waals surface area contributed by atoms with Crippen molar-refractivity contribution in [3.63, 3.8) is 0 Å². The largest absolute Gasteiger partial charge is 0.298 e. The minimum atomic E-state index is 0.0961. The zero-order chi connectivity index (χ0) is 18.1. The van der Waals surface area contributed by atoms with Gasteiger partial charge < -0.3 is 0 Å². The highest BCUT2D eigenvalue weighted by molar-refractivity contribution is 6.35. The molecule has 0 spiro atoms. The van der Waals surface area contributed by atoms with Gasteiger partial charge in [0.25, 0.3) is 0 Å². The van der Waals surface area contributed by atoms with Gasteiger partial charge in [0.05, 0.1) is 5.71 Å². The molecule has 0 saturated heterocycles. The van der Waals surface area contributed by atoms with Crippen molar-refractivity contribution in [1.82, 2.24) is 10.0 Å². The molecule has 0 radical (unpaired) electrons. The first-order valence-corrected chi connectivity index (χ1v) is 8.73. The van der Waals surface area contributed by atoms with E-state index in [1.165, 1.54) is 0 Å². The minimum absolute atomic E-state index is 0.0961. The van der Waals surface area contributed by atoms with Gasteiger partial charge in [-0.1, -0.05) is 61.5 Å². The number of allylic oxidation sites excluding steroid dienone is 1. The highest BCUT2D eigenvalue weighted by Crippen LogP contribution is 2.29. The molecule has 2 aliphatic rings. The number of aliphatic imine (C=N–C) groups is 2. The molecule has 0 fully saturated rings. The maximum absolute atomic E-state index is 11.0. The van der Waals surface area contributed by atoms with Crippen molar-refractivity contribution < 1.29 is 4.79 Å². The number of hydrogen-bond acceptors (Lipinski definition) is 5. The van der Waals surface area contributed by atoms with Crippen molar-refractivity contribution in [2.75, 3.05) is 7.05 Å². The van der Waals surface area contributed by atoms with Gasteiger partial charge in [-0.05, 0) is 12.0 Å². The van der Waals surface area contributed by atoms with E-state index in [0.29, 0.717) is 11.5 Å². The lowest BCUT2D eigenvalue weighted by Gasteiger charge is -2.29. The number of hydrazine groups is 1. The molecule has 2 aromatic rings. The van der Waals surface area contributed by atoms with Crippen LogP contribution in [0.5, 0.6) is 0 Å². The Labute approximate surface area is 153 Å². The predicted octanol–water partition coefficient (Wildman–Crippen LogP) is 3.60. The SMILES string of the molecule is CCC1N=C2N=C(c3ccc(C=O)cc3)C(c3ccccc3)=CN2N1C. The Kier molecular flexibility index (Phi) is 4.22. The highest BCUT2D eigenvalue weighted by atomic mass is 16.1. The van der Waals surface area contributed by atoms with Crippen LogP contribution < -0.4 is 0 Å². The lowest BCUT2D eigenvalue weighted by atomic mass is 9.95. The highest BCUT2D eigenvalue weighted by Gasteiger charge is 2.33. The first-order valence-electron chi connectivity index (χ1n) is 8.73. The van der Waals surface area contributed by atoms with Crippen molar-refractivity contribution in [3.8, 4) is 0 Å². The fourth-order valence-corrected chi connectivity index (χ4v) is 3.26. The molecule has 2 heterocycles. The number of hydrogen-bond donors (Lipinski definition) is 0. The second kappa shape index (κ2) is 6.69. The molecular weight excluding hydrogens is 324 g/mol. The van der Waals surface area contributed by atoms with Gasteiger partial charge >= 0.3 is 0 Å². The summed E-state index contributed by atoms with van der Waals surface area (Å²) in [4.78, 5) is 20.6. The van der Waals surface area contributed by atoms with Crippen LogP contribution in [0.25, 0.3) is 5.57 Å². The van der Waals surface area contributed by atoms with E-state index in [1.807, 2.05) is 54.5 Å². The molecule has 0 amide bonds. The van der Waals surface area contributed by atoms with E-state index >= 15 is 0 Å². The van der Waals surface area contributed by atoms with Gasteiger partial charge in [0, 0.05) is 29.9 Å². The maximum atomic E-state index is 11.0. The van der Waals surface area contributed by atoms with Crippen LogP contribution in [0.2, 0.25) is 0 Å². The summed E-state index contributed by atoms with van der Waals surface area (Å²) in [7, 11) is 2.03. The number of guanidine groups is 1. The van der Waals surface area contributed by atoms with Crippen molar-refractivity contribution in [3.05, 3.63) is 77.5 Å². The molecule has 5 nitrogen and oxygen atoms in total. The van der Waals surface area contributed by atoms with Gasteiger partial charge in [-0.3, -0.25) is 4.79 Å². The van der Waals surface area contributed by atoms with Crippen LogP contribution in [0.3, 0.4) is 0 Å². The zero-order valence-corrected chi connectivity index (χ0v) is 14.8. The van der Waals surface area contributed by atoms with Crippen LogP contribution in [0.4, 0.5) is 0 Å². The number of fused-ring (bicyclic) bond motifs is 1. The van der Waals surface area contributed by atoms with Crippen molar-refractivity contribution in [2.24, 2.45) is 9.98 Å². The molecule has 0 aromatic heterocycles. The smallest absolute Gasteiger partial charge is 0.242 e. The average molecular weight is 344 g/mol. The number of carbonyl (C=O) groups excluding carboxylic acids is 1. The summed E-state index contributed by atoms with van der Waals surface area (Å²) < 4.78 is 0. The molecule has 5 heteroatoms. The van der Waals surface area contributed by atoms with Gasteiger partial charge in [0.15, 0.2) is 0 Å². The van der Waals surface area contributed by atoms with E-state index in [4.69, 9.17) is 9.98 Å². The van der Waals surface area contributed by atoms with E-state index in [0.717, 1.165) is 35.1 Å². The summed E-state index contributed by atoms with van der Waals surface area (Å²) in [5.41, 5.74) is 4.62. The molecule has 4 rings (SSSR count). The molecule has 130 valence electrons. The summed E-state index contributed by atoms with van der Waals surface area (Å²) in [5, 5.41) is 4.12. The van der Waals surface area contributed by atoms with Crippen molar-refractivity contribution in [1.29, 1.82) is 0 Å². The van der Waals surface area contributed by atoms with Crippen molar-refractivity contribution in [2.45, 2.75) is 19.5 Å². The maximum Gasteiger partial charge on any atom is 0.242 e. The molecule has 2 aromatic carbocycles. The number of benzene rings is 2.